The molecular formula is C12H8N4O2. The molecule has 0 spiro atoms. The van der Waals surface area contributed by atoms with Crippen LogP contribution in [0.2, 0.25) is 0 Å². The number of pyridine rings is 1. The van der Waals surface area contributed by atoms with Crippen molar-refractivity contribution < 1.29 is 10.0 Å². The Labute approximate surface area is 102 Å². The molecule has 0 fully saturated rings. The number of fused-ring (bicyclic) bond motifs is 1. The van der Waals surface area contributed by atoms with E-state index in [4.69, 9.17) is 10.5 Å². The summed E-state index contributed by atoms with van der Waals surface area (Å²) in [5.41, 5.74) is 0.0969. The van der Waals surface area contributed by atoms with Crippen molar-refractivity contribution in [3.8, 4) is 6.07 Å². The van der Waals surface area contributed by atoms with Gasteiger partial charge in [-0.2, -0.15) is 5.26 Å². The van der Waals surface area contributed by atoms with Crippen LogP contribution in [0.3, 0.4) is 0 Å². The molecule has 0 saturated carbocycles. The Morgan fingerprint density at radius 1 is 1.33 bits per heavy atom. The van der Waals surface area contributed by atoms with Gasteiger partial charge in [0.1, 0.15) is 11.9 Å². The molecule has 1 aromatic carbocycles. The van der Waals surface area contributed by atoms with Crippen LogP contribution in [0.5, 0.6) is 0 Å². The molecule has 0 aliphatic rings. The summed E-state index contributed by atoms with van der Waals surface area (Å²) in [5.74, 6) is -0.516. The van der Waals surface area contributed by atoms with Crippen molar-refractivity contribution in [2.45, 2.75) is 0 Å². The molecule has 0 saturated heterocycles. The molecule has 0 aliphatic heterocycles. The summed E-state index contributed by atoms with van der Waals surface area (Å²) in [6, 6.07) is 12.3. The van der Waals surface area contributed by atoms with Gasteiger partial charge in [-0.1, -0.05) is 23.4 Å². The molecule has 0 aliphatic carbocycles. The summed E-state index contributed by atoms with van der Waals surface area (Å²) >= 11 is 0. The average Bonchev–Trinajstić information content (AvgIpc) is 2.40. The minimum atomic E-state index is -0.803. The maximum atomic E-state index is 11.4. The lowest BCUT2D eigenvalue weighted by atomic mass is 10.2. The van der Waals surface area contributed by atoms with E-state index < -0.39 is 11.6 Å². The largest absolute Gasteiger partial charge is 0.410 e. The number of nitrogens with zero attached hydrogens (tertiary/aromatic N) is 3. The number of carbonyl (C=O) groups is 1. The predicted octanol–water partition coefficient (Wildman–Crippen LogP) is 1.53. The average molecular weight is 240 g/mol. The van der Waals surface area contributed by atoms with E-state index in [0.29, 0.717) is 0 Å². The molecule has 6 nitrogen and oxygen atoms in total. The number of nitrogens with one attached hydrogen (secondary N) is 1. The Bertz CT molecular complexity index is 673. The number of hydrogen-bond donors (Lipinski definition) is 2. The van der Waals surface area contributed by atoms with Crippen molar-refractivity contribution >= 4 is 28.3 Å². The van der Waals surface area contributed by atoms with Gasteiger partial charge < -0.3 is 10.5 Å². The van der Waals surface area contributed by atoms with E-state index in [0.717, 1.165) is 10.9 Å². The van der Waals surface area contributed by atoms with Crippen LogP contribution < -0.4 is 5.32 Å². The van der Waals surface area contributed by atoms with Gasteiger partial charge in [-0.3, -0.25) is 4.79 Å². The summed E-state index contributed by atoms with van der Waals surface area (Å²) in [6.45, 7) is 0. The quantitative estimate of drug-likeness (QED) is 0.472. The standard InChI is InChI=1S/C12H8N4O2/c13-7-10(16-18)12(17)15-11-6-5-8-3-1-2-4-9(8)14-11/h1-6,18H,(H,14,15,17). The number of nitriles is 1. The molecule has 1 heterocycles. The van der Waals surface area contributed by atoms with Gasteiger partial charge in [0.05, 0.1) is 5.52 Å². The van der Waals surface area contributed by atoms with E-state index in [1.165, 1.54) is 6.07 Å². The molecule has 0 radical (unpaired) electrons. The lowest BCUT2D eigenvalue weighted by molar-refractivity contribution is -0.110. The van der Waals surface area contributed by atoms with E-state index in [9.17, 15) is 4.79 Å². The second kappa shape index (κ2) is 4.93. The number of carbonyl (C=O) groups excluding carboxylic acids is 1. The van der Waals surface area contributed by atoms with Gasteiger partial charge >= 0.3 is 0 Å². The Balaban J connectivity index is 2.28. The lowest BCUT2D eigenvalue weighted by Crippen LogP contribution is -2.22. The number of anilines is 1. The second-order valence-corrected chi connectivity index (χ2v) is 3.40. The molecule has 6 heteroatoms. The molecular weight excluding hydrogens is 232 g/mol. The topological polar surface area (TPSA) is 98.4 Å². The van der Waals surface area contributed by atoms with Crippen LogP contribution in [0.15, 0.2) is 41.6 Å². The Hall–Kier alpha value is -2.94. The van der Waals surface area contributed by atoms with Crippen LogP contribution >= 0.6 is 0 Å². The maximum absolute atomic E-state index is 11.4. The van der Waals surface area contributed by atoms with Crippen molar-refractivity contribution in [2.24, 2.45) is 5.16 Å². The fourth-order valence-corrected chi connectivity index (χ4v) is 1.43. The molecule has 2 rings (SSSR count). The fraction of sp³-hybridized carbons (Fsp3) is 0. The van der Waals surface area contributed by atoms with Gasteiger partial charge in [0.25, 0.3) is 5.91 Å². The first kappa shape index (κ1) is 11.5. The molecule has 0 bridgehead atoms. The monoisotopic (exact) mass is 240 g/mol. The highest BCUT2D eigenvalue weighted by atomic mass is 16.4. The number of hydrogen-bond acceptors (Lipinski definition) is 5. The smallest absolute Gasteiger partial charge is 0.289 e. The van der Waals surface area contributed by atoms with Crippen molar-refractivity contribution in [2.75, 3.05) is 5.32 Å². The molecule has 1 amide bonds. The van der Waals surface area contributed by atoms with E-state index >= 15 is 0 Å². The third-order valence-corrected chi connectivity index (χ3v) is 2.26. The van der Waals surface area contributed by atoms with Crippen LogP contribution in [0, 0.1) is 11.3 Å². The molecule has 0 unspecified atom stereocenters. The van der Waals surface area contributed by atoms with Crippen molar-refractivity contribution in [1.82, 2.24) is 4.98 Å². The zero-order chi connectivity index (χ0) is 13.0. The zero-order valence-electron chi connectivity index (χ0n) is 9.16. The molecule has 2 N–H and O–H groups in total. The van der Waals surface area contributed by atoms with Crippen molar-refractivity contribution in [1.29, 1.82) is 5.26 Å². The number of aromatic nitrogens is 1. The predicted molar refractivity (Wildman–Crippen MR) is 65.2 cm³/mol. The summed E-state index contributed by atoms with van der Waals surface area (Å²) in [4.78, 5) is 15.6. The van der Waals surface area contributed by atoms with Gasteiger partial charge in [-0.15, -0.1) is 0 Å². The highest BCUT2D eigenvalue weighted by molar-refractivity contribution is 6.48. The molecule has 0 atom stereocenters. The first-order chi connectivity index (χ1) is 8.74. The van der Waals surface area contributed by atoms with E-state index in [-0.39, 0.29) is 5.82 Å². The first-order valence-corrected chi connectivity index (χ1v) is 5.04. The second-order valence-electron chi connectivity index (χ2n) is 3.40. The molecule has 1 aromatic heterocycles. The highest BCUT2D eigenvalue weighted by Crippen LogP contribution is 2.14. The van der Waals surface area contributed by atoms with Crippen LogP contribution in [0.4, 0.5) is 5.82 Å². The zero-order valence-corrected chi connectivity index (χ0v) is 9.16. The number of rotatable bonds is 2. The van der Waals surface area contributed by atoms with Crippen LogP contribution in [-0.2, 0) is 4.79 Å². The van der Waals surface area contributed by atoms with Crippen LogP contribution in [0.1, 0.15) is 0 Å². The maximum Gasteiger partial charge on any atom is 0.289 e. The van der Waals surface area contributed by atoms with Gasteiger partial charge in [-0.05, 0) is 18.2 Å². The summed E-state index contributed by atoms with van der Waals surface area (Å²) < 4.78 is 0. The van der Waals surface area contributed by atoms with E-state index in [1.54, 1.807) is 18.2 Å². The fourth-order valence-electron chi connectivity index (χ4n) is 1.43. The normalized spacial score (nSPS) is 10.9. The SMILES string of the molecule is N#CC(=NO)C(=O)Nc1ccc2ccccc2n1. The van der Waals surface area contributed by atoms with Gasteiger partial charge in [0.15, 0.2) is 0 Å². The number of benzene rings is 1. The van der Waals surface area contributed by atoms with Crippen LogP contribution in [-0.4, -0.2) is 21.8 Å². The van der Waals surface area contributed by atoms with Gasteiger partial charge in [0.2, 0.25) is 5.71 Å². The number of para-hydroxylation sites is 1. The van der Waals surface area contributed by atoms with E-state index in [2.05, 4.69) is 15.5 Å². The first-order valence-electron chi connectivity index (χ1n) is 5.04. The molecule has 88 valence electrons. The Morgan fingerprint density at radius 3 is 2.83 bits per heavy atom. The Morgan fingerprint density at radius 2 is 2.11 bits per heavy atom. The van der Waals surface area contributed by atoms with Crippen LogP contribution in [0.25, 0.3) is 10.9 Å². The number of amides is 1. The summed E-state index contributed by atoms with van der Waals surface area (Å²) in [5, 5.41) is 22.8. The third kappa shape index (κ3) is 2.25. The highest BCUT2D eigenvalue weighted by Gasteiger charge is 2.12. The summed E-state index contributed by atoms with van der Waals surface area (Å²) in [7, 11) is 0. The van der Waals surface area contributed by atoms with E-state index in [1.807, 2.05) is 18.2 Å². The minimum absolute atomic E-state index is 0.287. The molecule has 18 heavy (non-hydrogen) atoms. The van der Waals surface area contributed by atoms with Crippen molar-refractivity contribution in [3.05, 3.63) is 36.4 Å². The molecule has 2 aromatic rings. The van der Waals surface area contributed by atoms with Gasteiger partial charge in [-0.25, -0.2) is 4.98 Å². The lowest BCUT2D eigenvalue weighted by Gasteiger charge is -2.03. The number of oxime groups is 1. The summed E-state index contributed by atoms with van der Waals surface area (Å²) in [6.07, 6.45) is 0. The van der Waals surface area contributed by atoms with Crippen molar-refractivity contribution in [3.63, 3.8) is 0 Å². The minimum Gasteiger partial charge on any atom is -0.410 e. The van der Waals surface area contributed by atoms with Gasteiger partial charge in [0, 0.05) is 5.39 Å². The third-order valence-electron chi connectivity index (χ3n) is 2.26. The Kier molecular flexibility index (Phi) is 3.16.